The molecule has 0 unspecified atom stereocenters. The first-order valence-corrected chi connectivity index (χ1v) is 9.78. The van der Waals surface area contributed by atoms with Gasteiger partial charge in [0.25, 0.3) is 0 Å². The number of carbonyl (C=O) groups is 1. The maximum atomic E-state index is 13.2. The van der Waals surface area contributed by atoms with E-state index in [0.717, 1.165) is 34.6 Å². The quantitative estimate of drug-likeness (QED) is 0.620. The minimum atomic E-state index is -0.256. The highest BCUT2D eigenvalue weighted by Gasteiger charge is 2.39. The second-order valence-electron chi connectivity index (χ2n) is 8.54. The highest BCUT2D eigenvalue weighted by Crippen LogP contribution is 2.46. The van der Waals surface area contributed by atoms with Gasteiger partial charge < -0.3 is 10.6 Å². The Hall–Kier alpha value is -2.26. The molecule has 2 aliphatic rings. The lowest BCUT2D eigenvalue weighted by Gasteiger charge is -2.34. The standard InChI is InChI=1S/C23H25ClN2O/c1-13-9-17-18(10-14(13)2)26-22(15-7-5-6-8-16(15)24)21-19(25-17)11-23(3,4)12-20(21)27/h5-10,22,25-26H,11-12H2,1-4H3/t22-/m0/s1. The molecule has 2 aromatic rings. The summed E-state index contributed by atoms with van der Waals surface area (Å²) < 4.78 is 0. The van der Waals surface area contributed by atoms with Crippen molar-refractivity contribution < 1.29 is 4.79 Å². The summed E-state index contributed by atoms with van der Waals surface area (Å²) in [6.45, 7) is 8.52. The summed E-state index contributed by atoms with van der Waals surface area (Å²) in [5, 5.41) is 7.88. The number of anilines is 2. The Kier molecular flexibility index (Phi) is 4.31. The number of halogens is 1. The van der Waals surface area contributed by atoms with Crippen molar-refractivity contribution in [2.75, 3.05) is 10.6 Å². The number of benzene rings is 2. The zero-order chi connectivity index (χ0) is 19.3. The van der Waals surface area contributed by atoms with Crippen molar-refractivity contribution in [3.63, 3.8) is 0 Å². The molecule has 1 atom stereocenters. The minimum absolute atomic E-state index is 0.0573. The summed E-state index contributed by atoms with van der Waals surface area (Å²) in [5.41, 5.74) is 7.17. The van der Waals surface area contributed by atoms with Gasteiger partial charge in [-0.1, -0.05) is 43.6 Å². The van der Waals surface area contributed by atoms with E-state index in [2.05, 4.69) is 50.5 Å². The zero-order valence-electron chi connectivity index (χ0n) is 16.2. The molecular weight excluding hydrogens is 356 g/mol. The number of aryl methyl sites for hydroxylation is 2. The van der Waals surface area contributed by atoms with E-state index < -0.39 is 0 Å². The molecule has 0 bridgehead atoms. The van der Waals surface area contributed by atoms with E-state index in [1.54, 1.807) is 0 Å². The Bertz CT molecular complexity index is 974. The fraction of sp³-hybridized carbons (Fsp3) is 0.348. The molecule has 0 fully saturated rings. The predicted octanol–water partition coefficient (Wildman–Crippen LogP) is 6.18. The van der Waals surface area contributed by atoms with Gasteiger partial charge in [-0.3, -0.25) is 4.79 Å². The van der Waals surface area contributed by atoms with Gasteiger partial charge in [0.05, 0.1) is 17.4 Å². The number of nitrogens with one attached hydrogen (secondary N) is 2. The van der Waals surface area contributed by atoms with E-state index in [1.165, 1.54) is 11.1 Å². The number of rotatable bonds is 1. The van der Waals surface area contributed by atoms with Crippen molar-refractivity contribution in [2.45, 2.75) is 46.6 Å². The summed E-state index contributed by atoms with van der Waals surface area (Å²) in [5.74, 6) is 0.187. The SMILES string of the molecule is Cc1cc2c(cc1C)N[C@@H](c1ccccc1Cl)C1=C(CC(C)(C)CC1=O)N2. The average molecular weight is 381 g/mol. The summed E-state index contributed by atoms with van der Waals surface area (Å²) in [7, 11) is 0. The van der Waals surface area contributed by atoms with Crippen LogP contribution in [0.3, 0.4) is 0 Å². The molecule has 140 valence electrons. The number of hydrogen-bond acceptors (Lipinski definition) is 3. The van der Waals surface area contributed by atoms with E-state index in [0.29, 0.717) is 11.4 Å². The molecule has 4 heteroatoms. The van der Waals surface area contributed by atoms with Crippen LogP contribution in [0.5, 0.6) is 0 Å². The molecule has 27 heavy (non-hydrogen) atoms. The molecule has 2 N–H and O–H groups in total. The molecular formula is C23H25ClN2O. The van der Waals surface area contributed by atoms with E-state index in [9.17, 15) is 4.79 Å². The summed E-state index contributed by atoms with van der Waals surface area (Å²) in [6, 6.07) is 11.8. The third-order valence-corrected chi connectivity index (χ3v) is 5.99. The molecule has 3 nitrogen and oxygen atoms in total. The summed E-state index contributed by atoms with van der Waals surface area (Å²) in [6.07, 6.45) is 1.38. The van der Waals surface area contributed by atoms with Crippen molar-refractivity contribution in [1.82, 2.24) is 0 Å². The Morgan fingerprint density at radius 2 is 1.70 bits per heavy atom. The lowest BCUT2D eigenvalue weighted by molar-refractivity contribution is -0.118. The van der Waals surface area contributed by atoms with Gasteiger partial charge >= 0.3 is 0 Å². The maximum absolute atomic E-state index is 13.2. The second-order valence-corrected chi connectivity index (χ2v) is 8.95. The van der Waals surface area contributed by atoms with Crippen LogP contribution in [0.15, 0.2) is 47.7 Å². The van der Waals surface area contributed by atoms with E-state index in [1.807, 2.05) is 24.3 Å². The number of hydrogen-bond donors (Lipinski definition) is 2. The molecule has 1 aliphatic heterocycles. The van der Waals surface area contributed by atoms with Crippen LogP contribution in [-0.2, 0) is 4.79 Å². The van der Waals surface area contributed by atoms with Crippen LogP contribution in [-0.4, -0.2) is 5.78 Å². The van der Waals surface area contributed by atoms with Crippen LogP contribution in [0.4, 0.5) is 11.4 Å². The van der Waals surface area contributed by atoms with Crippen LogP contribution in [0.1, 0.15) is 49.4 Å². The first kappa shape index (κ1) is 18.1. The summed E-state index contributed by atoms with van der Waals surface area (Å²) in [4.78, 5) is 13.2. The molecule has 1 heterocycles. The average Bonchev–Trinajstić information content (AvgIpc) is 2.71. The van der Waals surface area contributed by atoms with Crippen LogP contribution in [0.25, 0.3) is 0 Å². The molecule has 0 radical (unpaired) electrons. The number of carbonyl (C=O) groups excluding carboxylic acids is 1. The van der Waals surface area contributed by atoms with Gasteiger partial charge in [-0.05, 0) is 60.6 Å². The van der Waals surface area contributed by atoms with E-state index in [4.69, 9.17) is 11.6 Å². The zero-order valence-corrected chi connectivity index (χ0v) is 17.0. The largest absolute Gasteiger partial charge is 0.372 e. The maximum Gasteiger partial charge on any atom is 0.163 e. The molecule has 4 rings (SSSR count). The fourth-order valence-electron chi connectivity index (χ4n) is 4.15. The minimum Gasteiger partial charge on any atom is -0.372 e. The number of fused-ring (bicyclic) bond motifs is 1. The van der Waals surface area contributed by atoms with Crippen molar-refractivity contribution in [2.24, 2.45) is 5.41 Å². The number of ketones is 1. The van der Waals surface area contributed by atoms with Gasteiger partial charge in [-0.2, -0.15) is 0 Å². The Labute approximate surface area is 165 Å². The monoisotopic (exact) mass is 380 g/mol. The van der Waals surface area contributed by atoms with Crippen LogP contribution in [0, 0.1) is 19.3 Å². The fourth-order valence-corrected chi connectivity index (χ4v) is 4.40. The van der Waals surface area contributed by atoms with Gasteiger partial charge in [-0.25, -0.2) is 0 Å². The number of allylic oxidation sites excluding steroid dienone is 1. The van der Waals surface area contributed by atoms with Crippen molar-refractivity contribution in [3.05, 3.63) is 69.4 Å². The first-order chi connectivity index (χ1) is 12.7. The van der Waals surface area contributed by atoms with Crippen molar-refractivity contribution >= 4 is 28.8 Å². The summed E-state index contributed by atoms with van der Waals surface area (Å²) >= 11 is 6.54. The lowest BCUT2D eigenvalue weighted by Crippen LogP contribution is -2.31. The molecule has 0 aromatic heterocycles. The topological polar surface area (TPSA) is 41.1 Å². The molecule has 0 amide bonds. The van der Waals surface area contributed by atoms with Crippen LogP contribution in [0.2, 0.25) is 5.02 Å². The van der Waals surface area contributed by atoms with Crippen molar-refractivity contribution in [1.29, 1.82) is 0 Å². The van der Waals surface area contributed by atoms with Crippen LogP contribution >= 0.6 is 11.6 Å². The van der Waals surface area contributed by atoms with Gasteiger partial charge in [0.1, 0.15) is 0 Å². The molecule has 0 saturated heterocycles. The normalized spacial score (nSPS) is 20.9. The lowest BCUT2D eigenvalue weighted by atomic mass is 9.73. The first-order valence-electron chi connectivity index (χ1n) is 9.41. The third-order valence-electron chi connectivity index (χ3n) is 5.64. The third kappa shape index (κ3) is 3.25. The molecule has 0 saturated carbocycles. The van der Waals surface area contributed by atoms with Gasteiger partial charge in [-0.15, -0.1) is 0 Å². The highest BCUT2D eigenvalue weighted by atomic mass is 35.5. The Morgan fingerprint density at radius 1 is 1.04 bits per heavy atom. The van der Waals surface area contributed by atoms with Gasteiger partial charge in [0.2, 0.25) is 0 Å². The smallest absolute Gasteiger partial charge is 0.163 e. The number of Topliss-reactive ketones (excluding diaryl/α,β-unsaturated/α-hetero) is 1. The predicted molar refractivity (Wildman–Crippen MR) is 112 cm³/mol. The molecule has 1 aliphatic carbocycles. The van der Waals surface area contributed by atoms with Crippen molar-refractivity contribution in [3.8, 4) is 0 Å². The Balaban J connectivity index is 1.93. The van der Waals surface area contributed by atoms with Crippen LogP contribution < -0.4 is 10.6 Å². The highest BCUT2D eigenvalue weighted by molar-refractivity contribution is 6.31. The van der Waals surface area contributed by atoms with E-state index >= 15 is 0 Å². The second kappa shape index (κ2) is 6.42. The Morgan fingerprint density at radius 3 is 2.41 bits per heavy atom. The van der Waals surface area contributed by atoms with Gasteiger partial charge in [0.15, 0.2) is 5.78 Å². The van der Waals surface area contributed by atoms with Gasteiger partial charge in [0, 0.05) is 22.7 Å². The molecule has 0 spiro atoms. The molecule has 2 aromatic carbocycles. The van der Waals surface area contributed by atoms with E-state index in [-0.39, 0.29) is 17.2 Å².